The zero-order chi connectivity index (χ0) is 54.8. The monoisotopic (exact) mass is 817 g/mol. The fourth-order valence-corrected chi connectivity index (χ4v) is 5.02. The van der Waals surface area contributed by atoms with E-state index < -0.39 is 111 Å². The van der Waals surface area contributed by atoms with Crippen molar-refractivity contribution >= 4 is 34.4 Å². The Bertz CT molecular complexity index is 2310. The summed E-state index contributed by atoms with van der Waals surface area (Å²) in [6.45, 7) is -8.59. The summed E-state index contributed by atoms with van der Waals surface area (Å²) >= 11 is 0. The second-order valence-electron chi connectivity index (χ2n) is 13.2. The summed E-state index contributed by atoms with van der Waals surface area (Å²) in [5, 5.41) is 19.3. The summed E-state index contributed by atoms with van der Waals surface area (Å²) in [7, 11) is -11.4. The first kappa shape index (κ1) is 28.3. The molecule has 17 nitrogen and oxygen atoms in total. The van der Waals surface area contributed by atoms with Gasteiger partial charge in [0.05, 0.1) is 40.1 Å². The lowest BCUT2D eigenvalue weighted by Gasteiger charge is -2.35. The Morgan fingerprint density at radius 2 is 1.34 bits per heavy atom. The maximum absolute atomic E-state index is 14.5. The van der Waals surface area contributed by atoms with Gasteiger partial charge in [-0.3, -0.25) is 29.1 Å². The van der Waals surface area contributed by atoms with Crippen molar-refractivity contribution in [2.24, 2.45) is 10.8 Å². The van der Waals surface area contributed by atoms with Crippen LogP contribution in [0.2, 0.25) is 0 Å². The van der Waals surface area contributed by atoms with Gasteiger partial charge in [0.25, 0.3) is 5.91 Å². The molecule has 7 N–H and O–H groups in total. The van der Waals surface area contributed by atoms with Crippen LogP contribution in [0.4, 0.5) is 9.59 Å². The number of hydrazine groups is 1. The molecule has 0 spiro atoms. The van der Waals surface area contributed by atoms with E-state index >= 15 is 0 Å². The van der Waals surface area contributed by atoms with Gasteiger partial charge in [0.2, 0.25) is 5.91 Å². The van der Waals surface area contributed by atoms with Gasteiger partial charge >= 0.3 is 22.6 Å². The van der Waals surface area contributed by atoms with Crippen LogP contribution in [0, 0.1) is 10.8 Å². The van der Waals surface area contributed by atoms with E-state index in [-0.39, 0.29) is 13.0 Å². The number of aromatic nitrogens is 1. The third kappa shape index (κ3) is 17.1. The molecule has 0 bridgehead atoms. The van der Waals surface area contributed by atoms with Crippen LogP contribution in [-0.2, 0) is 42.4 Å². The Hall–Kier alpha value is -5.14. The molecule has 3 rings (SSSR count). The van der Waals surface area contributed by atoms with E-state index in [4.69, 9.17) is 38.1 Å². The van der Waals surface area contributed by atoms with E-state index in [0.29, 0.717) is 22.4 Å². The topological polar surface area (TPSA) is 246 Å². The quantitative estimate of drug-likeness (QED) is 0.0910. The van der Waals surface area contributed by atoms with Gasteiger partial charge in [-0.05, 0) is 40.5 Å². The number of nitrogens with zero attached hydrogens (tertiary/aromatic N) is 2. The van der Waals surface area contributed by atoms with E-state index in [1.807, 2.05) is 0 Å². The predicted molar refractivity (Wildman–Crippen MR) is 208 cm³/mol. The van der Waals surface area contributed by atoms with Crippen molar-refractivity contribution in [3.63, 3.8) is 0 Å². The lowest BCUT2D eigenvalue weighted by atomic mass is 9.85. The maximum atomic E-state index is 14.5. The molecule has 4 amide bonds. The summed E-state index contributed by atoms with van der Waals surface area (Å²) in [4.78, 5) is 58.4. The Labute approximate surface area is 349 Å². The highest BCUT2D eigenvalue weighted by Crippen LogP contribution is 2.23. The Balaban J connectivity index is 0.00000328. The van der Waals surface area contributed by atoms with E-state index in [1.54, 1.807) is 105 Å². The molecule has 0 radical (unpaired) electrons. The number of aliphatic hydroxyl groups excluding tert-OH is 1. The number of aliphatic hydroxyl groups is 1. The van der Waals surface area contributed by atoms with Crippen LogP contribution < -0.4 is 21.4 Å². The van der Waals surface area contributed by atoms with E-state index in [9.17, 15) is 24.3 Å². The smallest absolute Gasteiger partial charge is 0.407 e. The SMILES string of the molecule is O=S(=O)(O)O.[2H]C([2H])([2H])OC(=O)N[C@H](C(=O)NN(Cc1ccc(-c2ccccn2)cc1)C[C@H](O)[C@H](Cc1ccccc1)NC(=O)[C@@H](NC(=O)OC([2H])([2H])[2H])C(C([2H])([2H])[2H])(C([2H])([2H])[2H])C([2H])([2H])[2H])C(C)(C)C. The standard InChI is InChI=1S/C38H52N6O7.H2O4S/c1-37(2,3)31(41-35(48)50-7)33(46)40-29(22-25-14-10-9-11-15-25)30(45)24-44(43-34(47)32(38(4,5)6)42-36(49)51-8)23-26-17-19-27(20-18-26)28-16-12-13-21-39-28;1-5(2,3)4/h9-21,29-32,45H,22-24H2,1-8H3,(H,40,46)(H,41,48)(H,42,49)(H,43,47);(H2,1,2,3,4)/t29-,30-,31+,32+;/m0./s1/i1D3,2D3,3D3,7D3,8D3;. The molecule has 0 unspecified atom stereocenters. The minimum absolute atomic E-state index is 0.223. The van der Waals surface area contributed by atoms with Gasteiger partial charge in [-0.1, -0.05) is 102 Å². The first-order chi connectivity index (χ1) is 32.1. The average molecular weight is 818 g/mol. The van der Waals surface area contributed by atoms with Crippen LogP contribution >= 0.6 is 0 Å². The van der Waals surface area contributed by atoms with Gasteiger partial charge in [-0.25, -0.2) is 14.6 Å². The molecule has 56 heavy (non-hydrogen) atoms. The van der Waals surface area contributed by atoms with Crippen LogP contribution in [-0.4, -0.2) is 101 Å². The number of methoxy groups -OCH3 is 2. The number of ether oxygens (including phenoxy) is 2. The highest BCUT2D eigenvalue weighted by Gasteiger charge is 2.37. The molecule has 308 valence electrons. The van der Waals surface area contributed by atoms with Gasteiger partial charge in [0, 0.05) is 37.2 Å². The van der Waals surface area contributed by atoms with Crippen molar-refractivity contribution in [1.82, 2.24) is 31.4 Å². The van der Waals surface area contributed by atoms with E-state index in [2.05, 4.69) is 30.5 Å². The number of hydrogen-bond acceptors (Lipinski definition) is 11. The fraction of sp³-hybridized carbons (Fsp3) is 0.447. The van der Waals surface area contributed by atoms with E-state index in [0.717, 1.165) is 5.01 Å². The van der Waals surface area contributed by atoms with Crippen LogP contribution in [0.25, 0.3) is 11.3 Å². The predicted octanol–water partition coefficient (Wildman–Crippen LogP) is 3.56. The minimum atomic E-state index is -4.67. The third-order valence-electron chi connectivity index (χ3n) is 7.59. The number of amides is 4. The Morgan fingerprint density at radius 1 is 0.786 bits per heavy atom. The highest BCUT2D eigenvalue weighted by atomic mass is 32.3. The van der Waals surface area contributed by atoms with Gasteiger partial charge in [-0.2, -0.15) is 8.42 Å². The number of nitrogens with one attached hydrogen (secondary N) is 4. The number of rotatable bonds is 14. The molecular weight excluding hydrogens is 749 g/mol. The largest absolute Gasteiger partial charge is 0.453 e. The Morgan fingerprint density at radius 3 is 1.84 bits per heavy atom. The third-order valence-corrected chi connectivity index (χ3v) is 7.59. The van der Waals surface area contributed by atoms with Crippen molar-refractivity contribution in [2.45, 2.75) is 78.5 Å². The summed E-state index contributed by atoms with van der Waals surface area (Å²) in [5.74, 6) is -2.74. The highest BCUT2D eigenvalue weighted by molar-refractivity contribution is 7.79. The lowest BCUT2D eigenvalue weighted by Crippen LogP contribution is -2.60. The molecule has 0 fully saturated rings. The van der Waals surface area contributed by atoms with Gasteiger partial charge in [0.15, 0.2) is 0 Å². The molecule has 0 aliphatic rings. The van der Waals surface area contributed by atoms with Gasteiger partial charge in [-0.15, -0.1) is 0 Å². The lowest BCUT2D eigenvalue weighted by molar-refractivity contribution is -0.132. The van der Waals surface area contributed by atoms with Gasteiger partial charge in [0.1, 0.15) is 12.1 Å². The van der Waals surface area contributed by atoms with Crippen molar-refractivity contribution in [2.75, 3.05) is 20.6 Å². The minimum Gasteiger partial charge on any atom is -0.453 e. The number of hydrogen-bond donors (Lipinski definition) is 7. The molecule has 0 aliphatic heterocycles. The van der Waals surface area contributed by atoms with Gasteiger partial charge < -0.3 is 30.5 Å². The number of carbonyl (C=O) groups excluding carboxylic acids is 4. The van der Waals surface area contributed by atoms with Crippen molar-refractivity contribution in [3.05, 3.63) is 90.1 Å². The summed E-state index contributed by atoms with van der Waals surface area (Å²) in [5.41, 5.74) is -0.417. The van der Waals surface area contributed by atoms with Crippen LogP contribution in [0.5, 0.6) is 0 Å². The average Bonchev–Trinajstić information content (AvgIpc) is 3.16. The zero-order valence-electron chi connectivity index (χ0n) is 45.3. The molecule has 0 aliphatic carbocycles. The number of alkyl carbamates (subject to hydrolysis) is 2. The first-order valence-electron chi connectivity index (χ1n) is 23.8. The zero-order valence-corrected chi connectivity index (χ0v) is 31.2. The molecule has 1 heterocycles. The summed E-state index contributed by atoms with van der Waals surface area (Å²) < 4.78 is 158. The van der Waals surface area contributed by atoms with Crippen molar-refractivity contribution < 1.29 is 71.8 Å². The number of carbonyl (C=O) groups is 4. The molecule has 1 aromatic heterocycles. The Kier molecular flexibility index (Phi) is 10.7. The second kappa shape index (κ2) is 21.2. The molecular formula is C38H54N6O11S. The van der Waals surface area contributed by atoms with Crippen molar-refractivity contribution in [1.29, 1.82) is 0 Å². The number of benzene rings is 2. The van der Waals surface area contributed by atoms with Crippen LogP contribution in [0.3, 0.4) is 0 Å². The second-order valence-corrected chi connectivity index (χ2v) is 14.1. The fourth-order valence-electron chi connectivity index (χ4n) is 5.02. The molecule has 2 aromatic carbocycles. The molecule has 0 saturated carbocycles. The summed E-state index contributed by atoms with van der Waals surface area (Å²) in [6, 6.07) is 13.7. The molecule has 0 saturated heterocycles. The normalized spacial score (nSPS) is 18.9. The molecule has 3 aromatic rings. The maximum Gasteiger partial charge on any atom is 0.407 e. The van der Waals surface area contributed by atoms with Crippen LogP contribution in [0.1, 0.15) is 73.0 Å². The van der Waals surface area contributed by atoms with Crippen LogP contribution in [0.15, 0.2) is 79.0 Å². The molecule has 18 heteroatoms. The van der Waals surface area contributed by atoms with Crippen molar-refractivity contribution in [3.8, 4) is 11.3 Å². The first-order valence-corrected chi connectivity index (χ1v) is 17.7. The van der Waals surface area contributed by atoms with E-state index in [1.165, 1.54) is 0 Å². The number of pyridine rings is 1. The molecule has 4 atom stereocenters. The summed E-state index contributed by atoms with van der Waals surface area (Å²) in [6.07, 6.45) is -4.17.